The second-order valence-corrected chi connectivity index (χ2v) is 8.13. The predicted octanol–water partition coefficient (Wildman–Crippen LogP) is 3.67. The molecule has 0 bridgehead atoms. The summed E-state index contributed by atoms with van der Waals surface area (Å²) in [5.74, 6) is 0.590. The minimum absolute atomic E-state index is 0.0474. The highest BCUT2D eigenvalue weighted by Crippen LogP contribution is 2.65. The third-order valence-corrected chi connectivity index (χ3v) is 7.38. The average Bonchev–Trinajstić information content (AvgIpc) is 2.80. The standard InChI is InChI=1S/C19H30O2/c1-18-9-7-13(20)11-12(18)3-4-14-15-5-6-17(21)19(15,2)10-8-16(14)18/h11,13-17,20-21H,3-10H2,1-2H3/t13-,14-,15-,16-,17-,18-,19-/m0/s1/i2D3,17D. The van der Waals surface area contributed by atoms with E-state index in [-0.39, 0.29) is 29.8 Å². The summed E-state index contributed by atoms with van der Waals surface area (Å²) in [7, 11) is 0. The van der Waals surface area contributed by atoms with Crippen molar-refractivity contribution in [1.82, 2.24) is 0 Å². The average molecular weight is 294 g/mol. The van der Waals surface area contributed by atoms with E-state index in [1.807, 2.05) is 6.08 Å². The van der Waals surface area contributed by atoms with Gasteiger partial charge in [0.25, 0.3) is 0 Å². The van der Waals surface area contributed by atoms with Crippen LogP contribution in [0, 0.1) is 28.6 Å². The number of aliphatic hydroxyl groups excluding tert-OH is 1. The monoisotopic (exact) mass is 294 g/mol. The first-order valence-corrected chi connectivity index (χ1v) is 8.65. The number of hydrogen-bond acceptors (Lipinski definition) is 2. The molecule has 0 aromatic rings. The maximum Gasteiger partial charge on any atom is 0.0724 e. The van der Waals surface area contributed by atoms with E-state index in [2.05, 4.69) is 6.92 Å². The molecule has 0 spiro atoms. The van der Waals surface area contributed by atoms with E-state index >= 15 is 0 Å². The summed E-state index contributed by atoms with van der Waals surface area (Å²) >= 11 is 0. The minimum atomic E-state index is -2.30. The van der Waals surface area contributed by atoms with E-state index in [4.69, 9.17) is 5.48 Å². The Balaban J connectivity index is 1.74. The first-order valence-electron chi connectivity index (χ1n) is 10.6. The van der Waals surface area contributed by atoms with Crippen LogP contribution in [0.4, 0.5) is 0 Å². The second-order valence-electron chi connectivity index (χ2n) is 8.13. The molecule has 2 nitrogen and oxygen atoms in total. The molecule has 4 aliphatic carbocycles. The molecular weight excluding hydrogens is 260 g/mol. The van der Waals surface area contributed by atoms with Gasteiger partial charge in [-0.15, -0.1) is 0 Å². The number of aliphatic hydroxyl groups is 2. The van der Waals surface area contributed by atoms with Gasteiger partial charge in [-0.05, 0) is 80.0 Å². The Bertz CT molecular complexity index is 599. The molecule has 0 saturated heterocycles. The van der Waals surface area contributed by atoms with Crippen LogP contribution in [0.2, 0.25) is 0 Å². The molecule has 4 rings (SSSR count). The fourth-order valence-electron chi connectivity index (χ4n) is 6.18. The quantitative estimate of drug-likeness (QED) is 0.669. The van der Waals surface area contributed by atoms with Gasteiger partial charge in [0.05, 0.1) is 13.6 Å². The molecule has 0 aromatic heterocycles. The third-order valence-electron chi connectivity index (χ3n) is 7.38. The van der Waals surface area contributed by atoms with Crippen molar-refractivity contribution in [3.63, 3.8) is 0 Å². The lowest BCUT2D eigenvalue weighted by atomic mass is 9.47. The van der Waals surface area contributed by atoms with Crippen molar-refractivity contribution in [3.05, 3.63) is 11.6 Å². The summed E-state index contributed by atoms with van der Waals surface area (Å²) in [4.78, 5) is 0. The molecule has 3 saturated carbocycles. The van der Waals surface area contributed by atoms with Gasteiger partial charge < -0.3 is 10.2 Å². The lowest BCUT2D eigenvalue weighted by Crippen LogP contribution is -2.51. The van der Waals surface area contributed by atoms with Crippen LogP contribution in [0.15, 0.2) is 11.6 Å². The van der Waals surface area contributed by atoms with Crippen molar-refractivity contribution in [2.75, 3.05) is 0 Å². The topological polar surface area (TPSA) is 40.5 Å². The lowest BCUT2D eigenvalue weighted by molar-refractivity contribution is -0.0761. The zero-order chi connectivity index (χ0) is 18.3. The molecule has 0 heterocycles. The van der Waals surface area contributed by atoms with Gasteiger partial charge in [-0.3, -0.25) is 0 Å². The zero-order valence-electron chi connectivity index (χ0n) is 16.9. The summed E-state index contributed by atoms with van der Waals surface area (Å²) in [5, 5.41) is 20.8. The molecule has 118 valence electrons. The van der Waals surface area contributed by atoms with Crippen LogP contribution >= 0.6 is 0 Å². The zero-order valence-corrected chi connectivity index (χ0v) is 12.9. The van der Waals surface area contributed by atoms with Crippen LogP contribution in [0.25, 0.3) is 0 Å². The molecule has 0 radical (unpaired) electrons. The fourth-order valence-corrected chi connectivity index (χ4v) is 6.18. The molecule has 0 amide bonds. The van der Waals surface area contributed by atoms with Crippen molar-refractivity contribution < 1.29 is 15.7 Å². The van der Waals surface area contributed by atoms with Crippen molar-refractivity contribution in [3.8, 4) is 0 Å². The highest BCUT2D eigenvalue weighted by atomic mass is 16.3. The number of allylic oxidation sites excluding steroid dienone is 1. The summed E-state index contributed by atoms with van der Waals surface area (Å²) in [5.41, 5.74) is 0.131. The van der Waals surface area contributed by atoms with Gasteiger partial charge in [0.1, 0.15) is 0 Å². The molecule has 0 aromatic carbocycles. The first kappa shape index (κ1) is 10.4. The molecule has 7 atom stereocenters. The normalized spacial score (nSPS) is 63.1. The van der Waals surface area contributed by atoms with E-state index in [9.17, 15) is 10.2 Å². The van der Waals surface area contributed by atoms with Crippen LogP contribution in [0.3, 0.4) is 0 Å². The first-order chi connectivity index (χ1) is 11.5. The van der Waals surface area contributed by atoms with Crippen LogP contribution in [0.1, 0.15) is 70.6 Å². The fraction of sp³-hybridized carbons (Fsp3) is 0.895. The Morgan fingerprint density at radius 1 is 1.14 bits per heavy atom. The Hall–Kier alpha value is -0.340. The van der Waals surface area contributed by atoms with Crippen molar-refractivity contribution in [1.29, 1.82) is 0 Å². The SMILES string of the molecule is [2H]C([2H])([2H])[C@]12CC[C@H]3[C@@H](CCC4=C[C@@H](O)CC[C@@]43C)[C@@H]1CC[C@]2([2H])O. The van der Waals surface area contributed by atoms with Crippen LogP contribution in [-0.4, -0.2) is 22.4 Å². The van der Waals surface area contributed by atoms with Gasteiger partial charge in [-0.25, -0.2) is 0 Å². The van der Waals surface area contributed by atoms with E-state index < -0.39 is 18.3 Å². The Morgan fingerprint density at radius 2 is 2.00 bits per heavy atom. The van der Waals surface area contributed by atoms with E-state index in [0.29, 0.717) is 18.8 Å². The van der Waals surface area contributed by atoms with Crippen LogP contribution < -0.4 is 0 Å². The number of rotatable bonds is 0. The minimum Gasteiger partial charge on any atom is -0.393 e. The predicted molar refractivity (Wildman–Crippen MR) is 83.7 cm³/mol. The number of fused-ring (bicyclic) bond motifs is 5. The Kier molecular flexibility index (Phi) is 2.28. The van der Waals surface area contributed by atoms with Gasteiger partial charge in [0, 0.05) is 4.11 Å². The maximum absolute atomic E-state index is 10.8. The highest BCUT2D eigenvalue weighted by Gasteiger charge is 2.58. The largest absolute Gasteiger partial charge is 0.393 e. The molecule has 0 unspecified atom stereocenters. The summed E-state index contributed by atoms with van der Waals surface area (Å²) < 4.78 is 32.9. The van der Waals surface area contributed by atoms with Gasteiger partial charge in [-0.2, -0.15) is 0 Å². The Morgan fingerprint density at radius 3 is 2.81 bits per heavy atom. The third kappa shape index (κ3) is 1.84. The molecule has 2 heteroatoms. The molecule has 3 fully saturated rings. The van der Waals surface area contributed by atoms with Crippen LogP contribution in [0.5, 0.6) is 0 Å². The Labute approximate surface area is 134 Å². The van der Waals surface area contributed by atoms with Crippen molar-refractivity contribution >= 4 is 0 Å². The second kappa shape index (κ2) is 4.58. The summed E-state index contributed by atoms with van der Waals surface area (Å²) in [6, 6.07) is 0. The van der Waals surface area contributed by atoms with Gasteiger partial charge in [0.2, 0.25) is 0 Å². The highest BCUT2D eigenvalue weighted by molar-refractivity contribution is 5.25. The molecular formula is C19H30O2. The van der Waals surface area contributed by atoms with E-state index in [1.54, 1.807) is 0 Å². The van der Waals surface area contributed by atoms with E-state index in [1.165, 1.54) is 5.57 Å². The molecule has 2 N–H and O–H groups in total. The van der Waals surface area contributed by atoms with Gasteiger partial charge in [-0.1, -0.05) is 25.4 Å². The van der Waals surface area contributed by atoms with Gasteiger partial charge >= 0.3 is 0 Å². The smallest absolute Gasteiger partial charge is 0.0724 e. The molecule has 4 aliphatic rings. The van der Waals surface area contributed by atoms with Crippen molar-refractivity contribution in [2.45, 2.75) is 77.3 Å². The van der Waals surface area contributed by atoms with Crippen LogP contribution in [-0.2, 0) is 0 Å². The lowest BCUT2D eigenvalue weighted by Gasteiger charge is -2.58. The molecule has 0 aliphatic heterocycles. The van der Waals surface area contributed by atoms with Gasteiger partial charge in [0.15, 0.2) is 0 Å². The summed E-state index contributed by atoms with van der Waals surface area (Å²) in [6.07, 6.45) is 5.56. The molecule has 21 heavy (non-hydrogen) atoms. The number of hydrogen-bond donors (Lipinski definition) is 2. The van der Waals surface area contributed by atoms with Crippen molar-refractivity contribution in [2.24, 2.45) is 28.6 Å². The maximum atomic E-state index is 10.8. The summed E-state index contributed by atoms with van der Waals surface area (Å²) in [6.45, 7) is 0.00113. The van der Waals surface area contributed by atoms with E-state index in [0.717, 1.165) is 32.1 Å².